The van der Waals surface area contributed by atoms with Crippen molar-refractivity contribution < 1.29 is 28.8 Å². The summed E-state index contributed by atoms with van der Waals surface area (Å²) in [5, 5.41) is 18.6. The summed E-state index contributed by atoms with van der Waals surface area (Å²) in [7, 11) is 4.63. The lowest BCUT2D eigenvalue weighted by molar-refractivity contribution is 0.0696. The van der Waals surface area contributed by atoms with E-state index in [0.717, 1.165) is 6.42 Å². The van der Waals surface area contributed by atoms with Crippen LogP contribution in [0.3, 0.4) is 0 Å². The molecule has 2 heterocycles. The predicted octanol–water partition coefficient (Wildman–Crippen LogP) is 4.05. The van der Waals surface area contributed by atoms with Crippen molar-refractivity contribution in [3.05, 3.63) is 54.2 Å². The molecule has 4 aromatic rings. The van der Waals surface area contributed by atoms with Crippen LogP contribution in [0.4, 0.5) is 0 Å². The second-order valence-corrected chi connectivity index (χ2v) is 7.69. The Morgan fingerprint density at radius 2 is 1.63 bits per heavy atom. The third-order valence-electron chi connectivity index (χ3n) is 5.49. The van der Waals surface area contributed by atoms with Crippen LogP contribution >= 0.6 is 0 Å². The number of hydrogen-bond donors (Lipinski definition) is 1. The van der Waals surface area contributed by atoms with Crippen LogP contribution in [-0.2, 0) is 6.54 Å². The van der Waals surface area contributed by atoms with Gasteiger partial charge in [0.05, 0.1) is 51.3 Å². The SMILES string of the molecule is CCCOc1cc(-c2c(C(=O)O)c(Cn3cnnc3)nc3cc(OC)c(OC)cc23)ccc1OC. The first-order valence-electron chi connectivity index (χ1n) is 11.0. The molecule has 0 radical (unpaired) electrons. The van der Waals surface area contributed by atoms with Gasteiger partial charge >= 0.3 is 5.97 Å². The van der Waals surface area contributed by atoms with Gasteiger partial charge in [0, 0.05) is 17.0 Å². The quantitative estimate of drug-likeness (QED) is 0.360. The number of pyridine rings is 1. The largest absolute Gasteiger partial charge is 0.493 e. The Morgan fingerprint density at radius 3 is 2.26 bits per heavy atom. The van der Waals surface area contributed by atoms with E-state index in [0.29, 0.717) is 57.3 Å². The molecule has 0 aliphatic heterocycles. The summed E-state index contributed by atoms with van der Waals surface area (Å²) in [5.74, 6) is 0.912. The van der Waals surface area contributed by atoms with E-state index < -0.39 is 5.97 Å². The third kappa shape index (κ3) is 4.68. The van der Waals surface area contributed by atoms with E-state index in [2.05, 4.69) is 10.2 Å². The van der Waals surface area contributed by atoms with Crippen molar-refractivity contribution in [3.8, 4) is 34.1 Å². The molecule has 4 rings (SSSR count). The Bertz CT molecular complexity index is 1350. The minimum absolute atomic E-state index is 0.0602. The van der Waals surface area contributed by atoms with Crippen molar-refractivity contribution in [2.75, 3.05) is 27.9 Å². The van der Waals surface area contributed by atoms with E-state index in [1.165, 1.54) is 26.9 Å². The predicted molar refractivity (Wildman–Crippen MR) is 129 cm³/mol. The number of hydrogen-bond acceptors (Lipinski definition) is 8. The average Bonchev–Trinajstić information content (AvgIpc) is 3.38. The average molecular weight is 479 g/mol. The first-order valence-corrected chi connectivity index (χ1v) is 11.0. The Hall–Kier alpha value is -4.34. The number of methoxy groups -OCH3 is 3. The Morgan fingerprint density at radius 1 is 0.943 bits per heavy atom. The van der Waals surface area contributed by atoms with Crippen LogP contribution in [0.1, 0.15) is 29.4 Å². The molecule has 0 fully saturated rings. The maximum Gasteiger partial charge on any atom is 0.338 e. The number of carbonyl (C=O) groups is 1. The highest BCUT2D eigenvalue weighted by atomic mass is 16.5. The number of carboxylic acids is 1. The molecule has 0 atom stereocenters. The topological polar surface area (TPSA) is 118 Å². The fourth-order valence-electron chi connectivity index (χ4n) is 3.92. The minimum atomic E-state index is -1.11. The first kappa shape index (κ1) is 23.8. The van der Waals surface area contributed by atoms with Crippen molar-refractivity contribution in [3.63, 3.8) is 0 Å². The maximum absolute atomic E-state index is 12.7. The van der Waals surface area contributed by atoms with Crippen molar-refractivity contribution >= 4 is 16.9 Å². The lowest BCUT2D eigenvalue weighted by Crippen LogP contribution is -2.12. The molecular weight excluding hydrogens is 452 g/mol. The summed E-state index contributed by atoms with van der Waals surface area (Å²) >= 11 is 0. The van der Waals surface area contributed by atoms with Gasteiger partial charge in [0.1, 0.15) is 12.7 Å². The second-order valence-electron chi connectivity index (χ2n) is 7.69. The molecule has 10 nitrogen and oxygen atoms in total. The molecule has 0 bridgehead atoms. The fraction of sp³-hybridized carbons (Fsp3) is 0.280. The number of nitrogens with zero attached hydrogens (tertiary/aromatic N) is 4. The number of carboxylic acid groups (broad SMARTS) is 1. The van der Waals surface area contributed by atoms with Gasteiger partial charge in [0.15, 0.2) is 23.0 Å². The van der Waals surface area contributed by atoms with Crippen LogP contribution in [0.5, 0.6) is 23.0 Å². The van der Waals surface area contributed by atoms with E-state index in [9.17, 15) is 9.90 Å². The lowest BCUT2D eigenvalue weighted by atomic mass is 9.93. The summed E-state index contributed by atoms with van der Waals surface area (Å²) in [4.78, 5) is 17.4. The molecular formula is C25H26N4O6. The van der Waals surface area contributed by atoms with Gasteiger partial charge in [-0.15, -0.1) is 10.2 Å². The van der Waals surface area contributed by atoms with Gasteiger partial charge in [-0.2, -0.15) is 0 Å². The van der Waals surface area contributed by atoms with Gasteiger partial charge in [-0.25, -0.2) is 9.78 Å². The van der Waals surface area contributed by atoms with Gasteiger partial charge in [0.2, 0.25) is 0 Å². The molecule has 0 amide bonds. The monoisotopic (exact) mass is 478 g/mol. The Kier molecular flexibility index (Phi) is 7.00. The number of ether oxygens (including phenoxy) is 4. The zero-order valence-electron chi connectivity index (χ0n) is 19.9. The van der Waals surface area contributed by atoms with Gasteiger partial charge in [-0.3, -0.25) is 0 Å². The van der Waals surface area contributed by atoms with E-state index in [-0.39, 0.29) is 12.1 Å². The summed E-state index contributed by atoms with van der Waals surface area (Å²) in [5.41, 5.74) is 2.08. The van der Waals surface area contributed by atoms with Gasteiger partial charge in [0.25, 0.3) is 0 Å². The number of aromatic nitrogens is 4. The van der Waals surface area contributed by atoms with Crippen molar-refractivity contribution in [1.29, 1.82) is 0 Å². The van der Waals surface area contributed by atoms with E-state index >= 15 is 0 Å². The van der Waals surface area contributed by atoms with Gasteiger partial charge in [-0.05, 0) is 30.2 Å². The maximum atomic E-state index is 12.7. The lowest BCUT2D eigenvalue weighted by Gasteiger charge is -2.18. The molecule has 0 saturated carbocycles. The van der Waals surface area contributed by atoms with E-state index in [1.54, 1.807) is 42.0 Å². The van der Waals surface area contributed by atoms with Crippen LogP contribution in [0.2, 0.25) is 0 Å². The normalized spacial score (nSPS) is 10.9. The number of benzene rings is 2. The molecule has 10 heteroatoms. The smallest absolute Gasteiger partial charge is 0.338 e. The first-order chi connectivity index (χ1) is 17.0. The van der Waals surface area contributed by atoms with Crippen LogP contribution < -0.4 is 18.9 Å². The highest BCUT2D eigenvalue weighted by Gasteiger charge is 2.24. The number of fused-ring (bicyclic) bond motifs is 1. The van der Waals surface area contributed by atoms with Crippen molar-refractivity contribution in [2.24, 2.45) is 0 Å². The summed E-state index contributed by atoms with van der Waals surface area (Å²) in [6.45, 7) is 2.67. The standard InChI is InChI=1S/C25H26N4O6/c1-5-8-35-22-9-15(6-7-19(22)32-2)23-16-10-20(33-3)21(34-4)11-17(16)28-18(24(23)25(30)31)12-29-13-26-27-14-29/h6-7,9-11,13-14H,5,8,12H2,1-4H3,(H,30,31). The highest BCUT2D eigenvalue weighted by Crippen LogP contribution is 2.41. The number of aromatic carboxylic acids is 1. The highest BCUT2D eigenvalue weighted by molar-refractivity contribution is 6.08. The van der Waals surface area contributed by atoms with Gasteiger partial charge < -0.3 is 28.6 Å². The summed E-state index contributed by atoms with van der Waals surface area (Å²) < 4.78 is 24.0. The molecule has 0 spiro atoms. The van der Waals surface area contributed by atoms with Crippen LogP contribution in [-0.4, -0.2) is 58.8 Å². The third-order valence-corrected chi connectivity index (χ3v) is 5.49. The molecule has 1 N–H and O–H groups in total. The fourth-order valence-corrected chi connectivity index (χ4v) is 3.92. The molecule has 0 aliphatic carbocycles. The molecule has 182 valence electrons. The Labute approximate surface area is 202 Å². The number of rotatable bonds is 10. The second kappa shape index (κ2) is 10.3. The van der Waals surface area contributed by atoms with Crippen LogP contribution in [0.15, 0.2) is 43.0 Å². The molecule has 2 aromatic heterocycles. The van der Waals surface area contributed by atoms with Crippen molar-refractivity contribution in [1.82, 2.24) is 19.7 Å². The molecule has 0 saturated heterocycles. The molecule has 35 heavy (non-hydrogen) atoms. The summed E-state index contributed by atoms with van der Waals surface area (Å²) in [6.07, 6.45) is 3.83. The van der Waals surface area contributed by atoms with Crippen LogP contribution in [0, 0.1) is 0 Å². The van der Waals surface area contributed by atoms with E-state index in [1.807, 2.05) is 6.92 Å². The zero-order valence-corrected chi connectivity index (χ0v) is 19.9. The summed E-state index contributed by atoms with van der Waals surface area (Å²) in [6, 6.07) is 8.82. The van der Waals surface area contributed by atoms with Crippen LogP contribution in [0.25, 0.3) is 22.0 Å². The minimum Gasteiger partial charge on any atom is -0.493 e. The zero-order chi connectivity index (χ0) is 24.9. The van der Waals surface area contributed by atoms with Gasteiger partial charge in [-0.1, -0.05) is 13.0 Å². The molecule has 0 aliphatic rings. The Balaban J connectivity index is 2.06. The van der Waals surface area contributed by atoms with Crippen molar-refractivity contribution in [2.45, 2.75) is 19.9 Å². The molecule has 2 aromatic carbocycles. The van der Waals surface area contributed by atoms with E-state index in [4.69, 9.17) is 23.9 Å². The molecule has 0 unspecified atom stereocenters.